The van der Waals surface area contributed by atoms with Crippen molar-refractivity contribution >= 4 is 11.3 Å². The fraction of sp³-hybridized carbons (Fsp3) is 0.316. The molecule has 0 spiro atoms. The maximum absolute atomic E-state index is 4.08. The predicted molar refractivity (Wildman–Crippen MR) is 96.8 cm³/mol. The third kappa shape index (κ3) is 4.09. The average molecular weight is 325 g/mol. The van der Waals surface area contributed by atoms with E-state index in [1.807, 2.05) is 30.1 Å². The van der Waals surface area contributed by atoms with Crippen LogP contribution in [0.1, 0.15) is 39.4 Å². The van der Waals surface area contributed by atoms with Gasteiger partial charge in [0.15, 0.2) is 0 Å². The number of rotatable bonds is 6. The van der Waals surface area contributed by atoms with E-state index in [0.29, 0.717) is 6.04 Å². The zero-order chi connectivity index (χ0) is 16.2. The Labute approximate surface area is 142 Å². The molecule has 0 radical (unpaired) electrons. The van der Waals surface area contributed by atoms with E-state index >= 15 is 0 Å². The monoisotopic (exact) mass is 325 g/mol. The molecular weight excluding hydrogens is 302 g/mol. The minimum absolute atomic E-state index is 0.380. The summed E-state index contributed by atoms with van der Waals surface area (Å²) in [5.41, 5.74) is 4.03. The van der Waals surface area contributed by atoms with E-state index in [4.69, 9.17) is 0 Å². The smallest absolute Gasteiger partial charge is 0.0949 e. The Bertz CT molecular complexity index is 742. The Morgan fingerprint density at radius 2 is 1.91 bits per heavy atom. The van der Waals surface area contributed by atoms with Crippen molar-refractivity contribution in [3.05, 3.63) is 75.5 Å². The van der Waals surface area contributed by atoms with Gasteiger partial charge in [-0.1, -0.05) is 24.3 Å². The summed E-state index contributed by atoms with van der Waals surface area (Å²) in [6, 6.07) is 11.5. The molecule has 0 amide bonds. The van der Waals surface area contributed by atoms with Crippen LogP contribution < -0.4 is 5.32 Å². The second kappa shape index (κ2) is 7.11. The van der Waals surface area contributed by atoms with Gasteiger partial charge >= 0.3 is 0 Å². The minimum atomic E-state index is 0.380. The van der Waals surface area contributed by atoms with E-state index in [1.54, 1.807) is 0 Å². The number of aromatic nitrogens is 2. The Morgan fingerprint density at radius 3 is 2.52 bits per heavy atom. The van der Waals surface area contributed by atoms with Crippen LogP contribution in [0, 0.1) is 13.8 Å². The maximum Gasteiger partial charge on any atom is 0.0949 e. The second-order valence-corrected chi connectivity index (χ2v) is 7.48. The number of thiophene rings is 1. The summed E-state index contributed by atoms with van der Waals surface area (Å²) in [6.07, 6.45) is 5.65. The van der Waals surface area contributed by atoms with Crippen LogP contribution in [-0.2, 0) is 13.1 Å². The summed E-state index contributed by atoms with van der Waals surface area (Å²) in [4.78, 5) is 6.88. The summed E-state index contributed by atoms with van der Waals surface area (Å²) < 4.78 is 2.08. The van der Waals surface area contributed by atoms with Crippen LogP contribution in [-0.4, -0.2) is 9.55 Å². The van der Waals surface area contributed by atoms with Crippen molar-refractivity contribution in [2.75, 3.05) is 0 Å². The quantitative estimate of drug-likeness (QED) is 0.725. The molecule has 3 rings (SSSR count). The SMILES string of the molecule is Cc1cc([C@@H](C)NCc2ccc(Cn3ccnc3)cc2)c(C)s1. The van der Waals surface area contributed by atoms with Crippen LogP contribution in [0.15, 0.2) is 49.1 Å². The van der Waals surface area contributed by atoms with Gasteiger partial charge in [0, 0.05) is 41.3 Å². The third-order valence-electron chi connectivity index (χ3n) is 4.11. The molecule has 2 heterocycles. The van der Waals surface area contributed by atoms with Gasteiger partial charge in [-0.15, -0.1) is 11.3 Å². The number of nitrogens with zero attached hydrogens (tertiary/aromatic N) is 2. The molecule has 0 saturated heterocycles. The van der Waals surface area contributed by atoms with E-state index < -0.39 is 0 Å². The molecular formula is C19H23N3S. The van der Waals surface area contributed by atoms with Gasteiger partial charge in [-0.25, -0.2) is 4.98 Å². The lowest BCUT2D eigenvalue weighted by atomic mass is 10.1. The number of imidazole rings is 1. The van der Waals surface area contributed by atoms with Gasteiger partial charge in [0.05, 0.1) is 6.33 Å². The van der Waals surface area contributed by atoms with Crippen LogP contribution in [0.2, 0.25) is 0 Å². The van der Waals surface area contributed by atoms with E-state index in [-0.39, 0.29) is 0 Å². The number of aryl methyl sites for hydroxylation is 2. The zero-order valence-electron chi connectivity index (χ0n) is 13.9. The molecule has 3 nitrogen and oxygen atoms in total. The average Bonchev–Trinajstić information content (AvgIpc) is 3.15. The molecule has 0 saturated carbocycles. The molecule has 0 aliphatic carbocycles. The molecule has 0 aliphatic rings. The van der Waals surface area contributed by atoms with Crippen LogP contribution in [0.5, 0.6) is 0 Å². The number of hydrogen-bond acceptors (Lipinski definition) is 3. The Kier molecular flexibility index (Phi) is 4.94. The van der Waals surface area contributed by atoms with Crippen molar-refractivity contribution in [3.8, 4) is 0 Å². The largest absolute Gasteiger partial charge is 0.333 e. The van der Waals surface area contributed by atoms with Gasteiger partial charge in [-0.2, -0.15) is 0 Å². The summed E-state index contributed by atoms with van der Waals surface area (Å²) in [5.74, 6) is 0. The number of benzene rings is 1. The van der Waals surface area contributed by atoms with Crippen LogP contribution in [0.25, 0.3) is 0 Å². The topological polar surface area (TPSA) is 29.9 Å². The lowest BCUT2D eigenvalue weighted by Gasteiger charge is -2.14. The van der Waals surface area contributed by atoms with Gasteiger partial charge in [0.25, 0.3) is 0 Å². The molecule has 4 heteroatoms. The lowest BCUT2D eigenvalue weighted by molar-refractivity contribution is 0.574. The third-order valence-corrected chi connectivity index (χ3v) is 5.09. The van der Waals surface area contributed by atoms with E-state index in [9.17, 15) is 0 Å². The predicted octanol–water partition coefficient (Wildman–Crippen LogP) is 4.46. The highest BCUT2D eigenvalue weighted by atomic mass is 32.1. The first-order chi connectivity index (χ1) is 11.1. The molecule has 1 N–H and O–H groups in total. The van der Waals surface area contributed by atoms with E-state index in [0.717, 1.165) is 13.1 Å². The Morgan fingerprint density at radius 1 is 1.17 bits per heavy atom. The van der Waals surface area contributed by atoms with Gasteiger partial charge in [-0.05, 0) is 43.5 Å². The van der Waals surface area contributed by atoms with Gasteiger partial charge in [0.1, 0.15) is 0 Å². The van der Waals surface area contributed by atoms with Gasteiger partial charge < -0.3 is 9.88 Å². The summed E-state index contributed by atoms with van der Waals surface area (Å²) >= 11 is 1.88. The van der Waals surface area contributed by atoms with Crippen molar-refractivity contribution in [1.29, 1.82) is 0 Å². The van der Waals surface area contributed by atoms with Crippen LogP contribution >= 0.6 is 11.3 Å². The van der Waals surface area contributed by atoms with Crippen molar-refractivity contribution in [3.63, 3.8) is 0 Å². The lowest BCUT2D eigenvalue weighted by Crippen LogP contribution is -2.18. The van der Waals surface area contributed by atoms with E-state index in [1.165, 1.54) is 26.4 Å². The van der Waals surface area contributed by atoms with E-state index in [2.05, 4.69) is 66.0 Å². The number of nitrogens with one attached hydrogen (secondary N) is 1. The summed E-state index contributed by atoms with van der Waals surface area (Å²) in [6.45, 7) is 8.38. The van der Waals surface area contributed by atoms with Gasteiger partial charge in [0.2, 0.25) is 0 Å². The molecule has 1 aromatic carbocycles. The summed E-state index contributed by atoms with van der Waals surface area (Å²) in [7, 11) is 0. The molecule has 3 aromatic rings. The summed E-state index contributed by atoms with van der Waals surface area (Å²) in [5, 5.41) is 3.63. The first-order valence-corrected chi connectivity index (χ1v) is 8.77. The number of hydrogen-bond donors (Lipinski definition) is 1. The Balaban J connectivity index is 1.57. The Hall–Kier alpha value is -1.91. The van der Waals surface area contributed by atoms with Gasteiger partial charge in [-0.3, -0.25) is 0 Å². The molecule has 1 atom stereocenters. The normalized spacial score (nSPS) is 12.5. The van der Waals surface area contributed by atoms with Crippen molar-refractivity contribution in [2.45, 2.75) is 39.9 Å². The maximum atomic E-state index is 4.08. The van der Waals surface area contributed by atoms with Crippen LogP contribution in [0.4, 0.5) is 0 Å². The van der Waals surface area contributed by atoms with Crippen molar-refractivity contribution < 1.29 is 0 Å². The van der Waals surface area contributed by atoms with Crippen molar-refractivity contribution in [1.82, 2.24) is 14.9 Å². The first-order valence-electron chi connectivity index (χ1n) is 7.95. The molecule has 120 valence electrons. The highest BCUT2D eigenvalue weighted by Crippen LogP contribution is 2.26. The molecule has 2 aromatic heterocycles. The molecule has 0 fully saturated rings. The van der Waals surface area contributed by atoms with Crippen LogP contribution in [0.3, 0.4) is 0 Å². The van der Waals surface area contributed by atoms with Crippen molar-refractivity contribution in [2.24, 2.45) is 0 Å². The standard InChI is InChI=1S/C19H23N3S/c1-14-10-19(16(3)23-14)15(2)21-11-17-4-6-18(7-5-17)12-22-9-8-20-13-22/h4-10,13,15,21H,11-12H2,1-3H3/t15-/m1/s1. The fourth-order valence-corrected chi connectivity index (χ4v) is 3.84. The highest BCUT2D eigenvalue weighted by molar-refractivity contribution is 7.12. The molecule has 0 unspecified atom stereocenters. The first kappa shape index (κ1) is 16.0. The second-order valence-electron chi connectivity index (χ2n) is 6.02. The molecule has 23 heavy (non-hydrogen) atoms. The molecule has 0 bridgehead atoms. The highest BCUT2D eigenvalue weighted by Gasteiger charge is 2.10. The molecule has 0 aliphatic heterocycles. The minimum Gasteiger partial charge on any atom is -0.333 e. The fourth-order valence-electron chi connectivity index (χ4n) is 2.81. The zero-order valence-corrected chi connectivity index (χ0v) is 14.7.